The Morgan fingerprint density at radius 1 is 1.14 bits per heavy atom. The van der Waals surface area contributed by atoms with E-state index < -0.39 is 0 Å². The van der Waals surface area contributed by atoms with Gasteiger partial charge in [-0.3, -0.25) is 4.79 Å². The van der Waals surface area contributed by atoms with Gasteiger partial charge in [0, 0.05) is 6.54 Å². The van der Waals surface area contributed by atoms with Crippen molar-refractivity contribution in [2.24, 2.45) is 0 Å². The summed E-state index contributed by atoms with van der Waals surface area (Å²) in [6, 6.07) is 12.3. The second kappa shape index (κ2) is 9.30. The molecule has 0 saturated heterocycles. The van der Waals surface area contributed by atoms with Gasteiger partial charge >= 0.3 is 0 Å². The number of hydrogen-bond acceptors (Lipinski definition) is 4. The standard InChI is InChI=1S/C22H27ClN2O3/c1-4-15-5-7-17(8-6-15)19(25(2)3)14-24-21(26)13-16-11-18(23)22-20(12-16)27-9-10-28-22/h5-8,11-12,19H,4,9-10,13-14H2,1-3H3,(H,24,26)/t19-/m0/s1. The summed E-state index contributed by atoms with van der Waals surface area (Å²) in [5.41, 5.74) is 3.30. The molecule has 0 radical (unpaired) electrons. The fraction of sp³-hybridized carbons (Fsp3) is 0.409. The van der Waals surface area contributed by atoms with Crippen molar-refractivity contribution >= 4 is 17.5 Å². The maximum absolute atomic E-state index is 12.5. The Bertz CT molecular complexity index is 821. The van der Waals surface area contributed by atoms with Gasteiger partial charge in [-0.05, 0) is 49.3 Å². The van der Waals surface area contributed by atoms with E-state index in [2.05, 4.69) is 41.4 Å². The van der Waals surface area contributed by atoms with Crippen LogP contribution in [0.25, 0.3) is 0 Å². The molecule has 2 aromatic carbocycles. The zero-order valence-corrected chi connectivity index (χ0v) is 17.4. The molecule has 3 rings (SSSR count). The van der Waals surface area contributed by atoms with Crippen LogP contribution in [0.2, 0.25) is 5.02 Å². The molecule has 0 spiro atoms. The first-order valence-electron chi connectivity index (χ1n) is 9.58. The topological polar surface area (TPSA) is 50.8 Å². The van der Waals surface area contributed by atoms with Crippen molar-refractivity contribution in [1.29, 1.82) is 0 Å². The number of carbonyl (C=O) groups excluding carboxylic acids is 1. The smallest absolute Gasteiger partial charge is 0.224 e. The van der Waals surface area contributed by atoms with Crippen molar-refractivity contribution < 1.29 is 14.3 Å². The van der Waals surface area contributed by atoms with Gasteiger partial charge in [0.25, 0.3) is 0 Å². The lowest BCUT2D eigenvalue weighted by Gasteiger charge is -2.25. The number of carbonyl (C=O) groups is 1. The van der Waals surface area contributed by atoms with E-state index in [4.69, 9.17) is 21.1 Å². The average molecular weight is 403 g/mol. The van der Waals surface area contributed by atoms with Crippen LogP contribution >= 0.6 is 11.6 Å². The molecule has 1 heterocycles. The van der Waals surface area contributed by atoms with Crippen LogP contribution in [-0.4, -0.2) is 44.7 Å². The average Bonchev–Trinajstić information content (AvgIpc) is 2.68. The predicted molar refractivity (Wildman–Crippen MR) is 111 cm³/mol. The summed E-state index contributed by atoms with van der Waals surface area (Å²) in [5, 5.41) is 3.52. The molecule has 5 nitrogen and oxygen atoms in total. The van der Waals surface area contributed by atoms with Gasteiger partial charge in [-0.25, -0.2) is 0 Å². The SMILES string of the molecule is CCc1ccc([C@H](CNC(=O)Cc2cc(Cl)c3c(c2)OCCO3)N(C)C)cc1. The van der Waals surface area contributed by atoms with Crippen molar-refractivity contribution in [1.82, 2.24) is 10.2 Å². The van der Waals surface area contributed by atoms with Crippen LogP contribution < -0.4 is 14.8 Å². The predicted octanol–water partition coefficient (Wildman–Crippen LogP) is 3.64. The van der Waals surface area contributed by atoms with Crippen LogP contribution in [0.1, 0.15) is 29.7 Å². The molecule has 0 aliphatic carbocycles. The summed E-state index contributed by atoms with van der Waals surface area (Å²) in [7, 11) is 4.04. The zero-order valence-electron chi connectivity index (χ0n) is 16.6. The van der Waals surface area contributed by atoms with E-state index in [1.165, 1.54) is 11.1 Å². The van der Waals surface area contributed by atoms with Crippen molar-refractivity contribution in [2.75, 3.05) is 33.9 Å². The molecule has 150 valence electrons. The number of nitrogens with zero attached hydrogens (tertiary/aromatic N) is 1. The third kappa shape index (κ3) is 4.97. The monoisotopic (exact) mass is 402 g/mol. The van der Waals surface area contributed by atoms with Gasteiger partial charge in [0.1, 0.15) is 13.2 Å². The third-order valence-corrected chi connectivity index (χ3v) is 5.19. The number of amides is 1. The lowest BCUT2D eigenvalue weighted by atomic mass is 10.0. The second-order valence-corrected chi connectivity index (χ2v) is 7.56. The quantitative estimate of drug-likeness (QED) is 0.768. The lowest BCUT2D eigenvalue weighted by Crippen LogP contribution is -2.35. The zero-order chi connectivity index (χ0) is 20.1. The van der Waals surface area contributed by atoms with Crippen LogP contribution in [0.4, 0.5) is 0 Å². The van der Waals surface area contributed by atoms with Crippen molar-refractivity contribution in [3.05, 3.63) is 58.1 Å². The van der Waals surface area contributed by atoms with Crippen molar-refractivity contribution in [2.45, 2.75) is 25.8 Å². The number of aryl methyl sites for hydroxylation is 1. The Morgan fingerprint density at radius 2 is 1.86 bits per heavy atom. The van der Waals surface area contributed by atoms with E-state index in [-0.39, 0.29) is 18.4 Å². The third-order valence-electron chi connectivity index (χ3n) is 4.91. The molecule has 1 amide bonds. The minimum atomic E-state index is -0.0511. The lowest BCUT2D eigenvalue weighted by molar-refractivity contribution is -0.120. The van der Waals surface area contributed by atoms with Gasteiger partial charge in [0.15, 0.2) is 11.5 Å². The van der Waals surface area contributed by atoms with Crippen LogP contribution in [0.5, 0.6) is 11.5 Å². The summed E-state index contributed by atoms with van der Waals surface area (Å²) in [6.07, 6.45) is 1.26. The van der Waals surface area contributed by atoms with E-state index in [0.29, 0.717) is 36.3 Å². The Labute approximate surface area is 171 Å². The molecule has 0 saturated carbocycles. The van der Waals surface area contributed by atoms with Crippen molar-refractivity contribution in [3.63, 3.8) is 0 Å². The van der Waals surface area contributed by atoms with Gasteiger partial charge in [-0.1, -0.05) is 42.8 Å². The van der Waals surface area contributed by atoms with E-state index in [1.807, 2.05) is 20.2 Å². The number of likely N-dealkylation sites (N-methyl/N-ethyl adjacent to an activating group) is 1. The number of rotatable bonds is 7. The molecule has 1 atom stereocenters. The summed E-state index contributed by atoms with van der Waals surface area (Å²) in [6.45, 7) is 3.65. The van der Waals surface area contributed by atoms with E-state index >= 15 is 0 Å². The summed E-state index contributed by atoms with van der Waals surface area (Å²) in [5.74, 6) is 1.11. The Morgan fingerprint density at radius 3 is 2.54 bits per heavy atom. The first kappa shape index (κ1) is 20.5. The van der Waals surface area contributed by atoms with E-state index in [9.17, 15) is 4.79 Å². The van der Waals surface area contributed by atoms with Gasteiger partial charge < -0.3 is 19.7 Å². The molecule has 0 unspecified atom stereocenters. The molecule has 0 aromatic heterocycles. The molecule has 1 aliphatic heterocycles. The summed E-state index contributed by atoms with van der Waals surface area (Å²) < 4.78 is 11.1. The summed E-state index contributed by atoms with van der Waals surface area (Å²) >= 11 is 6.26. The maximum atomic E-state index is 12.5. The molecule has 2 aromatic rings. The molecular formula is C22H27ClN2O3. The molecule has 1 aliphatic rings. The highest BCUT2D eigenvalue weighted by Crippen LogP contribution is 2.38. The van der Waals surface area contributed by atoms with Crippen LogP contribution in [0.3, 0.4) is 0 Å². The van der Waals surface area contributed by atoms with Gasteiger partial charge in [0.2, 0.25) is 5.91 Å². The van der Waals surface area contributed by atoms with E-state index in [0.717, 1.165) is 12.0 Å². The fourth-order valence-corrected chi connectivity index (χ4v) is 3.59. The van der Waals surface area contributed by atoms with E-state index in [1.54, 1.807) is 6.07 Å². The number of benzene rings is 2. The molecule has 1 N–H and O–H groups in total. The fourth-order valence-electron chi connectivity index (χ4n) is 3.30. The largest absolute Gasteiger partial charge is 0.486 e. The molecular weight excluding hydrogens is 376 g/mol. The second-order valence-electron chi connectivity index (χ2n) is 7.16. The Hall–Kier alpha value is -2.24. The maximum Gasteiger partial charge on any atom is 0.224 e. The number of nitrogens with one attached hydrogen (secondary N) is 1. The summed E-state index contributed by atoms with van der Waals surface area (Å²) in [4.78, 5) is 14.6. The number of halogens is 1. The molecule has 0 bridgehead atoms. The number of fused-ring (bicyclic) bond motifs is 1. The Balaban J connectivity index is 1.62. The normalized spacial score (nSPS) is 14.0. The van der Waals surface area contributed by atoms with Gasteiger partial charge in [-0.2, -0.15) is 0 Å². The molecule has 28 heavy (non-hydrogen) atoms. The van der Waals surface area contributed by atoms with Gasteiger partial charge in [-0.15, -0.1) is 0 Å². The highest BCUT2D eigenvalue weighted by molar-refractivity contribution is 6.32. The van der Waals surface area contributed by atoms with Crippen LogP contribution in [0.15, 0.2) is 36.4 Å². The van der Waals surface area contributed by atoms with Gasteiger partial charge in [0.05, 0.1) is 17.5 Å². The highest BCUT2D eigenvalue weighted by atomic mass is 35.5. The first-order chi connectivity index (χ1) is 13.5. The van der Waals surface area contributed by atoms with Crippen LogP contribution in [0, 0.1) is 0 Å². The first-order valence-corrected chi connectivity index (χ1v) is 9.95. The number of hydrogen-bond donors (Lipinski definition) is 1. The minimum absolute atomic E-state index is 0.0511. The number of ether oxygens (including phenoxy) is 2. The van der Waals surface area contributed by atoms with Crippen LogP contribution in [-0.2, 0) is 17.6 Å². The van der Waals surface area contributed by atoms with Crippen molar-refractivity contribution in [3.8, 4) is 11.5 Å². The minimum Gasteiger partial charge on any atom is -0.486 e. The highest BCUT2D eigenvalue weighted by Gasteiger charge is 2.19. The molecule has 0 fully saturated rings. The Kier molecular flexibility index (Phi) is 6.81. The molecule has 6 heteroatoms.